The highest BCUT2D eigenvalue weighted by Gasteiger charge is 2.22. The van der Waals surface area contributed by atoms with Gasteiger partial charge in [-0.3, -0.25) is 0 Å². The standard InChI is InChI=1S/C15H22N2O2/c1-17-10-7-13(8-11-17)19-15(18)14-5-3-2-4-12(14)6-9-16/h2-5,13H,6-11,16H2,1H3. The number of benzene rings is 1. The van der Waals surface area contributed by atoms with Crippen LogP contribution < -0.4 is 5.73 Å². The molecule has 2 rings (SSSR count). The molecule has 0 aliphatic carbocycles. The summed E-state index contributed by atoms with van der Waals surface area (Å²) in [6, 6.07) is 7.56. The number of likely N-dealkylation sites (tertiary alicyclic amines) is 1. The molecule has 0 bridgehead atoms. The Kier molecular flexibility index (Phi) is 4.93. The van der Waals surface area contributed by atoms with Crippen LogP contribution >= 0.6 is 0 Å². The average molecular weight is 262 g/mol. The monoisotopic (exact) mass is 262 g/mol. The molecule has 0 saturated carbocycles. The Bertz CT molecular complexity index is 426. The van der Waals surface area contributed by atoms with E-state index in [2.05, 4.69) is 11.9 Å². The quantitative estimate of drug-likeness (QED) is 0.834. The van der Waals surface area contributed by atoms with Gasteiger partial charge in [-0.1, -0.05) is 18.2 Å². The molecule has 19 heavy (non-hydrogen) atoms. The zero-order valence-corrected chi connectivity index (χ0v) is 11.5. The van der Waals surface area contributed by atoms with Gasteiger partial charge in [0.15, 0.2) is 0 Å². The summed E-state index contributed by atoms with van der Waals surface area (Å²) in [5, 5.41) is 0. The lowest BCUT2D eigenvalue weighted by atomic mass is 10.0. The van der Waals surface area contributed by atoms with Gasteiger partial charge in [-0.25, -0.2) is 4.79 Å². The van der Waals surface area contributed by atoms with Crippen LogP contribution in [0.3, 0.4) is 0 Å². The fourth-order valence-corrected chi connectivity index (χ4v) is 2.41. The van der Waals surface area contributed by atoms with Crippen molar-refractivity contribution in [3.05, 3.63) is 35.4 Å². The van der Waals surface area contributed by atoms with Crippen LogP contribution in [0.5, 0.6) is 0 Å². The Balaban J connectivity index is 1.99. The van der Waals surface area contributed by atoms with Crippen LogP contribution in [0.4, 0.5) is 0 Å². The highest BCUT2D eigenvalue weighted by molar-refractivity contribution is 5.91. The van der Waals surface area contributed by atoms with Gasteiger partial charge >= 0.3 is 5.97 Å². The number of hydrogen-bond acceptors (Lipinski definition) is 4. The van der Waals surface area contributed by atoms with E-state index in [-0.39, 0.29) is 12.1 Å². The van der Waals surface area contributed by atoms with E-state index in [9.17, 15) is 4.79 Å². The molecule has 1 aromatic rings. The second-order valence-corrected chi connectivity index (χ2v) is 5.10. The maximum atomic E-state index is 12.2. The van der Waals surface area contributed by atoms with Gasteiger partial charge in [0.25, 0.3) is 0 Å². The van der Waals surface area contributed by atoms with E-state index in [1.165, 1.54) is 0 Å². The Labute approximate surface area is 114 Å². The summed E-state index contributed by atoms with van der Waals surface area (Å²) >= 11 is 0. The minimum absolute atomic E-state index is 0.0506. The number of hydrogen-bond donors (Lipinski definition) is 1. The molecular weight excluding hydrogens is 240 g/mol. The number of esters is 1. The molecule has 0 spiro atoms. The molecule has 1 aromatic carbocycles. The smallest absolute Gasteiger partial charge is 0.338 e. The normalized spacial score (nSPS) is 17.4. The summed E-state index contributed by atoms with van der Waals surface area (Å²) in [5.41, 5.74) is 7.21. The third-order valence-corrected chi connectivity index (χ3v) is 3.59. The summed E-state index contributed by atoms with van der Waals surface area (Å²) in [6.07, 6.45) is 2.59. The van der Waals surface area contributed by atoms with Crippen LogP contribution in [0.1, 0.15) is 28.8 Å². The van der Waals surface area contributed by atoms with Crippen molar-refractivity contribution < 1.29 is 9.53 Å². The Morgan fingerprint density at radius 2 is 2.05 bits per heavy atom. The maximum Gasteiger partial charge on any atom is 0.338 e. The van der Waals surface area contributed by atoms with Crippen molar-refractivity contribution in [1.29, 1.82) is 0 Å². The van der Waals surface area contributed by atoms with Crippen LogP contribution in [0.15, 0.2) is 24.3 Å². The fourth-order valence-electron chi connectivity index (χ4n) is 2.41. The van der Waals surface area contributed by atoms with Crippen molar-refractivity contribution in [2.45, 2.75) is 25.4 Å². The van der Waals surface area contributed by atoms with Gasteiger partial charge in [-0.05, 0) is 44.5 Å². The maximum absolute atomic E-state index is 12.2. The predicted molar refractivity (Wildman–Crippen MR) is 75.1 cm³/mol. The molecule has 0 radical (unpaired) electrons. The molecule has 0 atom stereocenters. The first-order valence-electron chi connectivity index (χ1n) is 6.88. The lowest BCUT2D eigenvalue weighted by Gasteiger charge is -2.28. The number of nitrogens with zero attached hydrogens (tertiary/aromatic N) is 1. The first-order chi connectivity index (χ1) is 9.20. The van der Waals surface area contributed by atoms with Gasteiger partial charge in [0.05, 0.1) is 5.56 Å². The first kappa shape index (κ1) is 14.0. The number of rotatable bonds is 4. The molecule has 2 N–H and O–H groups in total. The highest BCUT2D eigenvalue weighted by Crippen LogP contribution is 2.17. The Morgan fingerprint density at radius 3 is 2.74 bits per heavy atom. The van der Waals surface area contributed by atoms with Gasteiger partial charge in [0, 0.05) is 13.1 Å². The van der Waals surface area contributed by atoms with Crippen molar-refractivity contribution in [2.75, 3.05) is 26.7 Å². The van der Waals surface area contributed by atoms with E-state index >= 15 is 0 Å². The molecule has 4 nitrogen and oxygen atoms in total. The number of carbonyl (C=O) groups excluding carboxylic acids is 1. The predicted octanol–water partition coefficient (Wildman–Crippen LogP) is 1.44. The number of nitrogens with two attached hydrogens (primary N) is 1. The first-order valence-corrected chi connectivity index (χ1v) is 6.88. The lowest BCUT2D eigenvalue weighted by Crippen LogP contribution is -2.35. The lowest BCUT2D eigenvalue weighted by molar-refractivity contribution is 0.0138. The van der Waals surface area contributed by atoms with Gasteiger partial charge in [-0.15, -0.1) is 0 Å². The third kappa shape index (κ3) is 3.78. The van der Waals surface area contributed by atoms with Crippen molar-refractivity contribution in [1.82, 2.24) is 4.90 Å². The van der Waals surface area contributed by atoms with Crippen LogP contribution in [0.2, 0.25) is 0 Å². The fraction of sp³-hybridized carbons (Fsp3) is 0.533. The number of piperidine rings is 1. The Hall–Kier alpha value is -1.39. The van der Waals surface area contributed by atoms with Gasteiger partial charge in [0.1, 0.15) is 6.10 Å². The van der Waals surface area contributed by atoms with E-state index in [0.29, 0.717) is 18.5 Å². The third-order valence-electron chi connectivity index (χ3n) is 3.59. The van der Waals surface area contributed by atoms with Gasteiger partial charge < -0.3 is 15.4 Å². The largest absolute Gasteiger partial charge is 0.459 e. The molecule has 104 valence electrons. The molecule has 4 heteroatoms. The molecule has 1 saturated heterocycles. The molecule has 0 aromatic heterocycles. The minimum atomic E-state index is -0.210. The average Bonchev–Trinajstić information content (AvgIpc) is 2.42. The molecule has 1 aliphatic rings. The second-order valence-electron chi connectivity index (χ2n) is 5.10. The van der Waals surface area contributed by atoms with Gasteiger partial charge in [0.2, 0.25) is 0 Å². The molecule has 1 aliphatic heterocycles. The zero-order valence-electron chi connectivity index (χ0n) is 11.5. The topological polar surface area (TPSA) is 55.6 Å². The molecule has 0 unspecified atom stereocenters. The molecule has 1 fully saturated rings. The van der Waals surface area contributed by atoms with E-state index in [1.807, 2.05) is 24.3 Å². The van der Waals surface area contributed by atoms with Crippen LogP contribution in [-0.2, 0) is 11.2 Å². The summed E-state index contributed by atoms with van der Waals surface area (Å²) in [6.45, 7) is 2.52. The van der Waals surface area contributed by atoms with Crippen molar-refractivity contribution in [3.63, 3.8) is 0 Å². The van der Waals surface area contributed by atoms with Crippen LogP contribution in [0.25, 0.3) is 0 Å². The highest BCUT2D eigenvalue weighted by atomic mass is 16.5. The SMILES string of the molecule is CN1CCC(OC(=O)c2ccccc2CCN)CC1. The minimum Gasteiger partial charge on any atom is -0.459 e. The summed E-state index contributed by atoms with van der Waals surface area (Å²) < 4.78 is 5.61. The van der Waals surface area contributed by atoms with E-state index in [1.54, 1.807) is 0 Å². The summed E-state index contributed by atoms with van der Waals surface area (Å²) in [7, 11) is 2.09. The molecule has 1 heterocycles. The Morgan fingerprint density at radius 1 is 1.37 bits per heavy atom. The van der Waals surface area contributed by atoms with E-state index in [0.717, 1.165) is 31.5 Å². The van der Waals surface area contributed by atoms with Crippen LogP contribution in [0, 0.1) is 0 Å². The number of carbonyl (C=O) groups is 1. The molecule has 0 amide bonds. The molecular formula is C15H22N2O2. The second kappa shape index (κ2) is 6.68. The van der Waals surface area contributed by atoms with Gasteiger partial charge in [-0.2, -0.15) is 0 Å². The number of ether oxygens (including phenoxy) is 1. The summed E-state index contributed by atoms with van der Waals surface area (Å²) in [5.74, 6) is -0.210. The van der Waals surface area contributed by atoms with Crippen molar-refractivity contribution in [3.8, 4) is 0 Å². The van der Waals surface area contributed by atoms with Crippen molar-refractivity contribution in [2.24, 2.45) is 5.73 Å². The van der Waals surface area contributed by atoms with E-state index in [4.69, 9.17) is 10.5 Å². The van der Waals surface area contributed by atoms with E-state index < -0.39 is 0 Å². The van der Waals surface area contributed by atoms with Crippen LogP contribution in [-0.4, -0.2) is 43.7 Å². The zero-order chi connectivity index (χ0) is 13.7. The summed E-state index contributed by atoms with van der Waals surface area (Å²) in [4.78, 5) is 14.5. The van der Waals surface area contributed by atoms with Crippen molar-refractivity contribution >= 4 is 5.97 Å².